The Morgan fingerprint density at radius 1 is 1.56 bits per heavy atom. The van der Waals surface area contributed by atoms with Gasteiger partial charge >= 0.3 is 0 Å². The van der Waals surface area contributed by atoms with Crippen molar-refractivity contribution in [2.24, 2.45) is 0 Å². The third-order valence-corrected chi connectivity index (χ3v) is 3.11. The maximum Gasteiger partial charge on any atom is 0.244 e. The van der Waals surface area contributed by atoms with Crippen LogP contribution in [0.1, 0.15) is 18.8 Å². The van der Waals surface area contributed by atoms with Gasteiger partial charge in [0.15, 0.2) is 0 Å². The van der Waals surface area contributed by atoms with E-state index in [1.54, 1.807) is 31.4 Å². The summed E-state index contributed by atoms with van der Waals surface area (Å²) >= 11 is 5.90. The van der Waals surface area contributed by atoms with E-state index in [-0.39, 0.29) is 17.8 Å². The van der Waals surface area contributed by atoms with Crippen molar-refractivity contribution >= 4 is 28.5 Å². The fourth-order valence-corrected chi connectivity index (χ4v) is 2.20. The largest absolute Gasteiger partial charge is 0.347 e. The lowest BCUT2D eigenvalue weighted by Gasteiger charge is -2.20. The number of alkyl halides is 1. The van der Waals surface area contributed by atoms with Crippen LogP contribution in [0.4, 0.5) is 0 Å². The van der Waals surface area contributed by atoms with E-state index in [1.807, 2.05) is 17.6 Å². The number of carbonyl (C=O) groups is 1. The van der Waals surface area contributed by atoms with Crippen LogP contribution in [0, 0.1) is 0 Å². The summed E-state index contributed by atoms with van der Waals surface area (Å²) in [5.74, 6) is 0.958. The Labute approximate surface area is 110 Å². The Balaban J connectivity index is 2.58. The van der Waals surface area contributed by atoms with Gasteiger partial charge in [0.25, 0.3) is 0 Å². The van der Waals surface area contributed by atoms with E-state index in [0.29, 0.717) is 5.82 Å². The molecule has 5 nitrogen and oxygen atoms in total. The summed E-state index contributed by atoms with van der Waals surface area (Å²) in [6, 6.07) is 1.51. The Hall–Kier alpha value is -1.62. The van der Waals surface area contributed by atoms with Crippen LogP contribution in [0.15, 0.2) is 18.5 Å². The molecule has 6 heteroatoms. The molecule has 0 bridgehead atoms. The predicted octanol–water partition coefficient (Wildman–Crippen LogP) is 1.82. The Kier molecular flexibility index (Phi) is 3.52. The van der Waals surface area contributed by atoms with Crippen LogP contribution in [0.3, 0.4) is 0 Å². The minimum Gasteiger partial charge on any atom is -0.347 e. The van der Waals surface area contributed by atoms with Crippen molar-refractivity contribution in [3.63, 3.8) is 0 Å². The monoisotopic (exact) mass is 266 g/mol. The second-order valence-corrected chi connectivity index (χ2v) is 4.57. The number of imidazole rings is 1. The van der Waals surface area contributed by atoms with E-state index in [9.17, 15) is 4.79 Å². The van der Waals surface area contributed by atoms with Gasteiger partial charge in [0.05, 0.1) is 17.6 Å². The van der Waals surface area contributed by atoms with E-state index in [4.69, 9.17) is 11.6 Å². The van der Waals surface area contributed by atoms with Crippen molar-refractivity contribution in [2.75, 3.05) is 14.1 Å². The predicted molar refractivity (Wildman–Crippen MR) is 70.5 cm³/mol. The molecule has 1 unspecified atom stereocenters. The highest BCUT2D eigenvalue weighted by Crippen LogP contribution is 2.22. The van der Waals surface area contributed by atoms with E-state index >= 15 is 0 Å². The zero-order valence-electron chi connectivity index (χ0n) is 10.6. The smallest absolute Gasteiger partial charge is 0.244 e. The molecule has 2 rings (SSSR count). The first-order valence-electron chi connectivity index (χ1n) is 5.64. The number of fused-ring (bicyclic) bond motifs is 1. The lowest BCUT2D eigenvalue weighted by molar-refractivity contribution is -0.131. The summed E-state index contributed by atoms with van der Waals surface area (Å²) in [6.45, 7) is 1.85. The van der Waals surface area contributed by atoms with Gasteiger partial charge in [0.1, 0.15) is 17.4 Å². The summed E-state index contributed by atoms with van der Waals surface area (Å²) in [5.41, 5.74) is 1.63. The molecule has 0 N–H and O–H groups in total. The number of hydrogen-bond acceptors (Lipinski definition) is 3. The number of nitrogens with zero attached hydrogens (tertiary/aromatic N) is 4. The Morgan fingerprint density at radius 3 is 2.89 bits per heavy atom. The molecule has 96 valence electrons. The highest BCUT2D eigenvalue weighted by molar-refractivity contribution is 6.16. The van der Waals surface area contributed by atoms with Gasteiger partial charge < -0.3 is 9.47 Å². The lowest BCUT2D eigenvalue weighted by atomic mass is 10.2. The van der Waals surface area contributed by atoms with Crippen LogP contribution < -0.4 is 0 Å². The molecule has 1 atom stereocenters. The first kappa shape index (κ1) is 12.8. The van der Waals surface area contributed by atoms with Crippen molar-refractivity contribution in [1.82, 2.24) is 19.4 Å². The maximum absolute atomic E-state index is 12.1. The lowest BCUT2D eigenvalue weighted by Crippen LogP contribution is -2.30. The molecular weight excluding hydrogens is 252 g/mol. The highest BCUT2D eigenvalue weighted by atomic mass is 35.5. The number of rotatable bonds is 3. The van der Waals surface area contributed by atoms with Crippen LogP contribution in [-0.2, 0) is 10.7 Å². The molecule has 0 fully saturated rings. The molecule has 2 aromatic rings. The molecule has 0 spiro atoms. The normalized spacial score (nSPS) is 12.7. The summed E-state index contributed by atoms with van der Waals surface area (Å²) in [4.78, 5) is 22.1. The molecule has 2 heterocycles. The Morgan fingerprint density at radius 2 is 2.28 bits per heavy atom. The van der Waals surface area contributed by atoms with E-state index in [0.717, 1.165) is 11.0 Å². The third kappa shape index (κ3) is 2.06. The Bertz CT molecular complexity index is 578. The first-order chi connectivity index (χ1) is 8.56. The minimum absolute atomic E-state index is 0.0116. The number of aromatic nitrogens is 3. The zero-order chi connectivity index (χ0) is 13.3. The molecule has 0 aliphatic heterocycles. The molecule has 1 amide bonds. The summed E-state index contributed by atoms with van der Waals surface area (Å²) in [7, 11) is 3.47. The first-order valence-corrected chi connectivity index (χ1v) is 6.17. The van der Waals surface area contributed by atoms with Gasteiger partial charge in [-0.3, -0.25) is 9.78 Å². The van der Waals surface area contributed by atoms with Crippen LogP contribution in [0.5, 0.6) is 0 Å². The third-order valence-electron chi connectivity index (χ3n) is 2.87. The van der Waals surface area contributed by atoms with Gasteiger partial charge in [0.2, 0.25) is 5.91 Å². The molecule has 2 aromatic heterocycles. The average Bonchev–Trinajstić information content (AvgIpc) is 2.75. The number of likely N-dealkylation sites (N-methyl/N-ethyl adjacent to an activating group) is 1. The van der Waals surface area contributed by atoms with Crippen LogP contribution >= 0.6 is 11.6 Å². The summed E-state index contributed by atoms with van der Waals surface area (Å²) in [5, 5.41) is 0. The molecule has 0 saturated carbocycles. The molecule has 0 radical (unpaired) electrons. The van der Waals surface area contributed by atoms with Gasteiger partial charge in [-0.2, -0.15) is 0 Å². The number of hydrogen-bond donors (Lipinski definition) is 0. The van der Waals surface area contributed by atoms with Crippen LogP contribution in [0.25, 0.3) is 11.0 Å². The molecule has 0 aliphatic carbocycles. The topological polar surface area (TPSA) is 51.0 Å². The average molecular weight is 267 g/mol. The van der Waals surface area contributed by atoms with E-state index in [2.05, 4.69) is 9.97 Å². The van der Waals surface area contributed by atoms with Crippen LogP contribution in [-0.4, -0.2) is 39.4 Å². The van der Waals surface area contributed by atoms with Gasteiger partial charge in [-0.05, 0) is 13.0 Å². The zero-order valence-corrected chi connectivity index (χ0v) is 11.3. The van der Waals surface area contributed by atoms with Crippen molar-refractivity contribution in [1.29, 1.82) is 0 Å². The molecular formula is C12H15ClN4O. The molecule has 0 aliphatic rings. The maximum atomic E-state index is 12.1. The fraction of sp³-hybridized carbons (Fsp3) is 0.417. The van der Waals surface area contributed by atoms with Crippen molar-refractivity contribution in [3.8, 4) is 0 Å². The van der Waals surface area contributed by atoms with Crippen LogP contribution in [0.2, 0.25) is 0 Å². The van der Waals surface area contributed by atoms with E-state index in [1.165, 1.54) is 0 Å². The van der Waals surface area contributed by atoms with E-state index < -0.39 is 0 Å². The molecule has 0 aromatic carbocycles. The fourth-order valence-electron chi connectivity index (χ4n) is 2.01. The second-order valence-electron chi connectivity index (χ2n) is 4.30. The number of pyridine rings is 1. The minimum atomic E-state index is -0.332. The quantitative estimate of drug-likeness (QED) is 0.797. The van der Waals surface area contributed by atoms with Gasteiger partial charge in [-0.15, -0.1) is 11.6 Å². The SMILES string of the molecule is CC(C(=O)N(C)C)n1c(CCl)nc2cnccc21. The van der Waals surface area contributed by atoms with Gasteiger partial charge in [-0.1, -0.05) is 0 Å². The standard InChI is InChI=1S/C12H15ClN4O/c1-8(12(18)16(2)3)17-10-4-5-14-7-9(10)15-11(17)6-13/h4-5,7-8H,6H2,1-3H3. The number of halogens is 1. The summed E-state index contributed by atoms with van der Waals surface area (Å²) in [6.07, 6.45) is 3.36. The van der Waals surface area contributed by atoms with Gasteiger partial charge in [-0.25, -0.2) is 4.98 Å². The number of carbonyl (C=O) groups excluding carboxylic acids is 1. The highest BCUT2D eigenvalue weighted by Gasteiger charge is 2.22. The van der Waals surface area contributed by atoms with Crippen molar-refractivity contribution in [2.45, 2.75) is 18.8 Å². The van der Waals surface area contributed by atoms with Crippen molar-refractivity contribution in [3.05, 3.63) is 24.3 Å². The molecule has 18 heavy (non-hydrogen) atoms. The van der Waals surface area contributed by atoms with Crippen molar-refractivity contribution < 1.29 is 4.79 Å². The van der Waals surface area contributed by atoms with Gasteiger partial charge in [0, 0.05) is 20.3 Å². The summed E-state index contributed by atoms with van der Waals surface area (Å²) < 4.78 is 1.87. The number of amides is 1. The molecule has 0 saturated heterocycles. The second kappa shape index (κ2) is 4.94.